The molecule has 1 N–H and O–H groups in total. The molecule has 46 heavy (non-hydrogen) atoms. The Morgan fingerprint density at radius 2 is 1.85 bits per heavy atom. The number of rotatable bonds is 13. The number of fused-ring (bicyclic) bond motifs is 1. The van der Waals surface area contributed by atoms with Gasteiger partial charge in [0.2, 0.25) is 0 Å². The molecule has 0 spiro atoms. The zero-order valence-corrected chi connectivity index (χ0v) is 26.5. The Kier molecular flexibility index (Phi) is 9.73. The Balaban J connectivity index is 1.08. The number of nitrogens with one attached hydrogen (secondary N) is 1. The third-order valence-electron chi connectivity index (χ3n) is 6.73. The standard InChI is InChI=1S/C32H26ClFN6O4S2/c33-25-15-23(7-8-29(25)44-18-21-4-3-5-22(34)14-21)39-32-24-16-26(36-17-27(24)37-20-38-32)28-19-45-30(40-28)9-11-43-12-13-46(41,42)31-6-1-2-10-35-31/h1-8,10,14-17,19-20H,9,11-13,18H2,(H,37,38,39). The molecule has 0 aliphatic carbocycles. The van der Waals surface area contributed by atoms with E-state index in [2.05, 4.69) is 25.3 Å². The predicted molar refractivity (Wildman–Crippen MR) is 175 cm³/mol. The van der Waals surface area contributed by atoms with Crippen molar-refractivity contribution in [3.05, 3.63) is 112 Å². The van der Waals surface area contributed by atoms with Crippen LogP contribution in [0, 0.1) is 5.82 Å². The molecule has 0 unspecified atom stereocenters. The van der Waals surface area contributed by atoms with E-state index in [1.54, 1.807) is 42.6 Å². The second kappa shape index (κ2) is 14.3. The fourth-order valence-electron chi connectivity index (χ4n) is 4.43. The SMILES string of the molecule is O=S(=O)(CCOCCc1nc(-c2cc3c(Nc4ccc(OCc5cccc(F)c5)c(Cl)c4)ncnc3cn2)cs1)c1ccccn1. The van der Waals surface area contributed by atoms with Crippen molar-refractivity contribution in [1.82, 2.24) is 24.9 Å². The van der Waals surface area contributed by atoms with Gasteiger partial charge in [0.1, 0.15) is 30.3 Å². The van der Waals surface area contributed by atoms with E-state index in [4.69, 9.17) is 26.1 Å². The Labute approximate surface area is 273 Å². The maximum absolute atomic E-state index is 13.5. The Morgan fingerprint density at radius 3 is 2.67 bits per heavy atom. The van der Waals surface area contributed by atoms with Crippen LogP contribution in [0.2, 0.25) is 5.02 Å². The average Bonchev–Trinajstić information content (AvgIpc) is 3.54. The molecular formula is C32H26ClFN6O4S2. The topological polar surface area (TPSA) is 129 Å². The second-order valence-corrected chi connectivity index (χ2v) is 13.4. The van der Waals surface area contributed by atoms with Crippen LogP contribution < -0.4 is 10.1 Å². The van der Waals surface area contributed by atoms with Gasteiger partial charge in [-0.3, -0.25) is 4.98 Å². The number of sulfone groups is 1. The lowest BCUT2D eigenvalue weighted by molar-refractivity contribution is 0.152. The molecule has 0 aliphatic rings. The molecule has 6 aromatic rings. The van der Waals surface area contributed by atoms with Crippen LogP contribution in [0.1, 0.15) is 10.6 Å². The van der Waals surface area contributed by atoms with Gasteiger partial charge in [0.25, 0.3) is 0 Å². The highest BCUT2D eigenvalue weighted by atomic mass is 35.5. The van der Waals surface area contributed by atoms with Crippen LogP contribution in [0.5, 0.6) is 5.75 Å². The first-order valence-electron chi connectivity index (χ1n) is 14.0. The molecule has 4 heterocycles. The molecule has 0 fully saturated rings. The number of ether oxygens (including phenoxy) is 2. The van der Waals surface area contributed by atoms with Crippen LogP contribution in [0.4, 0.5) is 15.9 Å². The van der Waals surface area contributed by atoms with E-state index in [1.165, 1.54) is 42.1 Å². The largest absolute Gasteiger partial charge is 0.487 e. The minimum atomic E-state index is -3.49. The first-order chi connectivity index (χ1) is 22.3. The Bertz CT molecular complexity index is 2080. The van der Waals surface area contributed by atoms with E-state index in [0.717, 1.165) is 10.4 Å². The summed E-state index contributed by atoms with van der Waals surface area (Å²) in [6.45, 7) is 0.572. The molecule has 0 aliphatic heterocycles. The molecule has 0 saturated carbocycles. The predicted octanol–water partition coefficient (Wildman–Crippen LogP) is 6.69. The first-order valence-corrected chi connectivity index (χ1v) is 17.0. The van der Waals surface area contributed by atoms with Gasteiger partial charge < -0.3 is 14.8 Å². The van der Waals surface area contributed by atoms with Crippen LogP contribution in [0.25, 0.3) is 22.3 Å². The van der Waals surface area contributed by atoms with Gasteiger partial charge in [-0.25, -0.2) is 32.7 Å². The van der Waals surface area contributed by atoms with Gasteiger partial charge in [-0.1, -0.05) is 29.8 Å². The van der Waals surface area contributed by atoms with Gasteiger partial charge >= 0.3 is 0 Å². The minimum Gasteiger partial charge on any atom is -0.487 e. The molecule has 0 amide bonds. The molecule has 0 radical (unpaired) electrons. The van der Waals surface area contributed by atoms with Gasteiger partial charge in [-0.2, -0.15) is 0 Å². The third-order valence-corrected chi connectivity index (χ3v) is 9.51. The molecule has 234 valence electrons. The molecule has 10 nitrogen and oxygen atoms in total. The molecular weight excluding hydrogens is 651 g/mol. The van der Waals surface area contributed by atoms with Crippen molar-refractivity contribution in [2.45, 2.75) is 18.1 Å². The number of hydrogen-bond acceptors (Lipinski definition) is 11. The van der Waals surface area contributed by atoms with Gasteiger partial charge in [-0.05, 0) is 54.1 Å². The lowest BCUT2D eigenvalue weighted by Crippen LogP contribution is -2.14. The Hall–Kier alpha value is -4.56. The number of benzene rings is 2. The van der Waals surface area contributed by atoms with Crippen LogP contribution in [-0.2, 0) is 27.6 Å². The number of anilines is 2. The summed E-state index contributed by atoms with van der Waals surface area (Å²) in [6, 6.07) is 18.1. The van der Waals surface area contributed by atoms with Crippen LogP contribution in [-0.4, -0.2) is 52.3 Å². The lowest BCUT2D eigenvalue weighted by atomic mass is 10.2. The quantitative estimate of drug-likeness (QED) is 0.132. The molecule has 6 rings (SSSR count). The van der Waals surface area contributed by atoms with Crippen molar-refractivity contribution < 1.29 is 22.3 Å². The van der Waals surface area contributed by atoms with Crippen LogP contribution in [0.15, 0.2) is 95.9 Å². The zero-order valence-electron chi connectivity index (χ0n) is 24.1. The average molecular weight is 677 g/mol. The number of hydrogen-bond donors (Lipinski definition) is 1. The van der Waals surface area contributed by atoms with E-state index in [1.807, 2.05) is 17.5 Å². The fraction of sp³-hybridized carbons (Fsp3) is 0.156. The number of pyridine rings is 2. The summed E-state index contributed by atoms with van der Waals surface area (Å²) in [7, 11) is -3.49. The van der Waals surface area contributed by atoms with E-state index < -0.39 is 9.84 Å². The monoisotopic (exact) mass is 676 g/mol. The number of thiazole rings is 1. The van der Waals surface area contributed by atoms with Crippen molar-refractivity contribution in [3.8, 4) is 17.1 Å². The van der Waals surface area contributed by atoms with Crippen molar-refractivity contribution in [2.24, 2.45) is 0 Å². The summed E-state index contributed by atoms with van der Waals surface area (Å²) in [4.78, 5) is 21.9. The molecule has 0 bridgehead atoms. The maximum atomic E-state index is 13.5. The molecule has 2 aromatic carbocycles. The molecule has 0 atom stereocenters. The zero-order chi connectivity index (χ0) is 31.9. The lowest BCUT2D eigenvalue weighted by Gasteiger charge is -2.12. The smallest absolute Gasteiger partial charge is 0.197 e. The van der Waals surface area contributed by atoms with E-state index in [-0.39, 0.29) is 29.8 Å². The van der Waals surface area contributed by atoms with E-state index >= 15 is 0 Å². The third kappa shape index (κ3) is 7.80. The summed E-state index contributed by atoms with van der Waals surface area (Å²) >= 11 is 7.96. The van der Waals surface area contributed by atoms with Gasteiger partial charge in [0, 0.05) is 29.1 Å². The molecule has 0 saturated heterocycles. The summed E-state index contributed by atoms with van der Waals surface area (Å²) < 4.78 is 49.6. The second-order valence-electron chi connectivity index (χ2n) is 9.97. The maximum Gasteiger partial charge on any atom is 0.197 e. The number of nitrogens with zero attached hydrogens (tertiary/aromatic N) is 5. The first kappa shape index (κ1) is 31.4. The molecule has 4 aromatic heterocycles. The van der Waals surface area contributed by atoms with E-state index in [9.17, 15) is 12.8 Å². The van der Waals surface area contributed by atoms with E-state index in [0.29, 0.717) is 57.8 Å². The normalized spacial score (nSPS) is 11.5. The van der Waals surface area contributed by atoms with Crippen LogP contribution in [0.3, 0.4) is 0 Å². The molecule has 14 heteroatoms. The highest BCUT2D eigenvalue weighted by Gasteiger charge is 2.16. The van der Waals surface area contributed by atoms with Crippen molar-refractivity contribution in [3.63, 3.8) is 0 Å². The summed E-state index contributed by atoms with van der Waals surface area (Å²) in [5.41, 5.74) is 3.37. The minimum absolute atomic E-state index is 0.0420. The van der Waals surface area contributed by atoms with Crippen molar-refractivity contribution in [2.75, 3.05) is 24.3 Å². The van der Waals surface area contributed by atoms with Crippen LogP contribution >= 0.6 is 22.9 Å². The van der Waals surface area contributed by atoms with Crippen molar-refractivity contribution in [1.29, 1.82) is 0 Å². The van der Waals surface area contributed by atoms with Gasteiger partial charge in [-0.15, -0.1) is 11.3 Å². The summed E-state index contributed by atoms with van der Waals surface area (Å²) in [5, 5.41) is 7.20. The fourth-order valence-corrected chi connectivity index (χ4v) is 6.49. The number of halogens is 2. The summed E-state index contributed by atoms with van der Waals surface area (Å²) in [6.07, 6.45) is 5.10. The van der Waals surface area contributed by atoms with Gasteiger partial charge in [0.15, 0.2) is 14.9 Å². The van der Waals surface area contributed by atoms with Crippen molar-refractivity contribution >= 4 is 55.2 Å². The highest BCUT2D eigenvalue weighted by molar-refractivity contribution is 7.91. The highest BCUT2D eigenvalue weighted by Crippen LogP contribution is 2.32. The van der Waals surface area contributed by atoms with Gasteiger partial charge in [0.05, 0.1) is 52.1 Å². The number of aromatic nitrogens is 5. The summed E-state index contributed by atoms with van der Waals surface area (Å²) in [5.74, 6) is 0.553. The Morgan fingerprint density at radius 1 is 0.935 bits per heavy atom.